The summed E-state index contributed by atoms with van der Waals surface area (Å²) in [6.07, 6.45) is 8.09. The van der Waals surface area contributed by atoms with Crippen LogP contribution in [0, 0.1) is 5.92 Å². The van der Waals surface area contributed by atoms with Gasteiger partial charge in [0.15, 0.2) is 0 Å². The van der Waals surface area contributed by atoms with Crippen molar-refractivity contribution < 1.29 is 14.6 Å². The molecule has 0 saturated carbocycles. The SMILES string of the molecule is CC(C)(C)OC(=O)N1CC(CN2C=C(n3cc(Br)cn3)C=CC2O)C1. The van der Waals surface area contributed by atoms with Gasteiger partial charge in [0.1, 0.15) is 11.8 Å². The maximum atomic E-state index is 12.0. The molecule has 0 spiro atoms. The minimum Gasteiger partial charge on any atom is -0.444 e. The fraction of sp³-hybridized carbons (Fsp3) is 0.529. The van der Waals surface area contributed by atoms with Crippen LogP contribution in [0.2, 0.25) is 0 Å². The molecule has 1 unspecified atom stereocenters. The Kier molecular flexibility index (Phi) is 4.92. The van der Waals surface area contributed by atoms with Gasteiger partial charge in [-0.15, -0.1) is 0 Å². The largest absolute Gasteiger partial charge is 0.444 e. The van der Waals surface area contributed by atoms with Gasteiger partial charge >= 0.3 is 6.09 Å². The van der Waals surface area contributed by atoms with Gasteiger partial charge in [-0.2, -0.15) is 5.10 Å². The van der Waals surface area contributed by atoms with E-state index in [4.69, 9.17) is 4.74 Å². The molecule has 1 aromatic rings. The lowest BCUT2D eigenvalue weighted by molar-refractivity contribution is -0.0132. The van der Waals surface area contributed by atoms with Crippen molar-refractivity contribution in [2.75, 3.05) is 19.6 Å². The molecule has 2 aliphatic rings. The van der Waals surface area contributed by atoms with Gasteiger partial charge in [-0.1, -0.05) is 0 Å². The molecule has 2 aliphatic heterocycles. The number of aliphatic hydroxyl groups excluding tert-OH is 1. The molecule has 25 heavy (non-hydrogen) atoms. The van der Waals surface area contributed by atoms with E-state index in [-0.39, 0.29) is 6.09 Å². The highest BCUT2D eigenvalue weighted by molar-refractivity contribution is 9.10. The number of halogens is 1. The summed E-state index contributed by atoms with van der Waals surface area (Å²) in [6, 6.07) is 0. The van der Waals surface area contributed by atoms with Crippen molar-refractivity contribution in [2.24, 2.45) is 5.92 Å². The van der Waals surface area contributed by atoms with Crippen LogP contribution in [0.1, 0.15) is 20.8 Å². The quantitative estimate of drug-likeness (QED) is 0.828. The highest BCUT2D eigenvalue weighted by atomic mass is 79.9. The molecule has 0 bridgehead atoms. The lowest BCUT2D eigenvalue weighted by atomic mass is 10.00. The van der Waals surface area contributed by atoms with E-state index in [1.165, 1.54) is 0 Å². The molecular formula is C17H23BrN4O3. The summed E-state index contributed by atoms with van der Waals surface area (Å²) in [5, 5.41) is 14.4. The summed E-state index contributed by atoms with van der Waals surface area (Å²) in [5.74, 6) is 0.301. The molecule has 0 aromatic carbocycles. The van der Waals surface area contributed by atoms with Gasteiger partial charge in [-0.25, -0.2) is 9.48 Å². The Balaban J connectivity index is 1.56. The van der Waals surface area contributed by atoms with Crippen LogP contribution >= 0.6 is 15.9 Å². The van der Waals surface area contributed by atoms with E-state index in [0.717, 1.165) is 10.2 Å². The average molecular weight is 411 g/mol. The Bertz CT molecular complexity index is 701. The van der Waals surface area contributed by atoms with Crippen LogP contribution in [-0.4, -0.2) is 62.2 Å². The van der Waals surface area contributed by atoms with Gasteiger partial charge in [-0.05, 0) is 48.9 Å². The van der Waals surface area contributed by atoms with Crippen LogP contribution in [0.5, 0.6) is 0 Å². The summed E-state index contributed by atoms with van der Waals surface area (Å²) in [7, 11) is 0. The number of nitrogens with zero attached hydrogens (tertiary/aromatic N) is 4. The molecule has 1 N–H and O–H groups in total. The predicted molar refractivity (Wildman–Crippen MR) is 97.3 cm³/mol. The number of hydrogen-bond acceptors (Lipinski definition) is 5. The van der Waals surface area contributed by atoms with Gasteiger partial charge in [0.25, 0.3) is 0 Å². The van der Waals surface area contributed by atoms with E-state index in [1.807, 2.05) is 44.1 Å². The first-order valence-electron chi connectivity index (χ1n) is 8.23. The monoisotopic (exact) mass is 410 g/mol. The van der Waals surface area contributed by atoms with Gasteiger partial charge in [0.05, 0.1) is 16.4 Å². The summed E-state index contributed by atoms with van der Waals surface area (Å²) in [5.41, 5.74) is 0.394. The Hall–Kier alpha value is -1.80. The van der Waals surface area contributed by atoms with Crippen molar-refractivity contribution in [1.82, 2.24) is 19.6 Å². The molecule has 1 atom stereocenters. The topological polar surface area (TPSA) is 70.8 Å². The van der Waals surface area contributed by atoms with Gasteiger partial charge in [0, 0.05) is 37.9 Å². The molecule has 1 aromatic heterocycles. The predicted octanol–water partition coefficient (Wildman–Crippen LogP) is 2.50. The minimum atomic E-state index is -0.668. The van der Waals surface area contributed by atoms with E-state index in [2.05, 4.69) is 21.0 Å². The summed E-state index contributed by atoms with van der Waals surface area (Å²) in [6.45, 7) is 7.52. The highest BCUT2D eigenvalue weighted by Crippen LogP contribution is 2.24. The number of likely N-dealkylation sites (tertiary alicyclic amines) is 1. The first kappa shape index (κ1) is 18.0. The third-order valence-corrected chi connectivity index (χ3v) is 4.38. The van der Waals surface area contributed by atoms with Crippen LogP contribution in [0.25, 0.3) is 5.70 Å². The second kappa shape index (κ2) is 6.84. The molecule has 0 aliphatic carbocycles. The highest BCUT2D eigenvalue weighted by Gasteiger charge is 2.35. The Labute approximate surface area is 155 Å². The molecule has 1 fully saturated rings. The number of rotatable bonds is 3. The number of carbonyl (C=O) groups excluding carboxylic acids is 1. The van der Waals surface area contributed by atoms with Crippen LogP contribution in [0.3, 0.4) is 0 Å². The third kappa shape index (κ3) is 4.43. The van der Waals surface area contributed by atoms with Crippen molar-refractivity contribution in [3.63, 3.8) is 0 Å². The van der Waals surface area contributed by atoms with Crippen molar-refractivity contribution in [3.05, 3.63) is 35.2 Å². The molecule has 3 rings (SSSR count). The second-order valence-corrected chi connectivity index (χ2v) is 8.29. The number of amides is 1. The number of ether oxygens (including phenoxy) is 1. The third-order valence-electron chi connectivity index (χ3n) is 3.97. The Morgan fingerprint density at radius 1 is 1.44 bits per heavy atom. The molecule has 1 amide bonds. The van der Waals surface area contributed by atoms with E-state index in [1.54, 1.807) is 21.9 Å². The molecule has 8 heteroatoms. The van der Waals surface area contributed by atoms with Crippen molar-refractivity contribution in [2.45, 2.75) is 32.6 Å². The smallest absolute Gasteiger partial charge is 0.410 e. The number of carbonyl (C=O) groups is 1. The fourth-order valence-corrected chi connectivity index (χ4v) is 3.07. The first-order chi connectivity index (χ1) is 11.7. The summed E-state index contributed by atoms with van der Waals surface area (Å²) >= 11 is 3.38. The zero-order valence-electron chi connectivity index (χ0n) is 14.6. The van der Waals surface area contributed by atoms with Gasteiger partial charge in [-0.3, -0.25) is 0 Å². The molecule has 3 heterocycles. The van der Waals surface area contributed by atoms with E-state index < -0.39 is 11.8 Å². The molecule has 1 saturated heterocycles. The summed E-state index contributed by atoms with van der Waals surface area (Å²) < 4.78 is 8.00. The minimum absolute atomic E-state index is 0.277. The number of allylic oxidation sites excluding steroid dienone is 2. The lowest BCUT2D eigenvalue weighted by Gasteiger charge is -2.42. The van der Waals surface area contributed by atoms with E-state index in [0.29, 0.717) is 25.6 Å². The van der Waals surface area contributed by atoms with Crippen molar-refractivity contribution in [1.29, 1.82) is 0 Å². The van der Waals surface area contributed by atoms with Crippen molar-refractivity contribution >= 4 is 27.7 Å². The number of aromatic nitrogens is 2. The number of hydrogen-bond donors (Lipinski definition) is 1. The van der Waals surface area contributed by atoms with Crippen molar-refractivity contribution in [3.8, 4) is 0 Å². The van der Waals surface area contributed by atoms with Crippen LogP contribution in [-0.2, 0) is 4.74 Å². The Morgan fingerprint density at radius 2 is 2.16 bits per heavy atom. The fourth-order valence-electron chi connectivity index (χ4n) is 2.78. The van der Waals surface area contributed by atoms with Gasteiger partial charge in [0.2, 0.25) is 0 Å². The lowest BCUT2D eigenvalue weighted by Crippen LogP contribution is -2.55. The average Bonchev–Trinajstić information content (AvgIpc) is 2.88. The molecule has 7 nitrogen and oxygen atoms in total. The normalized spacial score (nSPS) is 21.2. The van der Waals surface area contributed by atoms with Crippen LogP contribution in [0.15, 0.2) is 35.2 Å². The van der Waals surface area contributed by atoms with Gasteiger partial charge < -0.3 is 19.6 Å². The molecular weight excluding hydrogens is 388 g/mol. The van der Waals surface area contributed by atoms with Crippen LogP contribution in [0.4, 0.5) is 4.79 Å². The number of aliphatic hydroxyl groups is 1. The maximum Gasteiger partial charge on any atom is 0.410 e. The zero-order chi connectivity index (χ0) is 18.2. The Morgan fingerprint density at radius 3 is 2.76 bits per heavy atom. The summed E-state index contributed by atoms with van der Waals surface area (Å²) in [4.78, 5) is 15.5. The van der Waals surface area contributed by atoms with E-state index >= 15 is 0 Å². The zero-order valence-corrected chi connectivity index (χ0v) is 16.2. The molecule has 136 valence electrons. The molecule has 0 radical (unpaired) electrons. The van der Waals surface area contributed by atoms with Crippen LogP contribution < -0.4 is 0 Å². The maximum absolute atomic E-state index is 12.0. The first-order valence-corrected chi connectivity index (χ1v) is 9.03. The van der Waals surface area contributed by atoms with E-state index in [9.17, 15) is 9.90 Å². The standard InChI is InChI=1S/C17H23BrN4O3/c1-17(2,3)25-16(24)21-8-12(9-21)7-20-11-14(4-5-15(20)23)22-10-13(18)6-19-22/h4-6,10-12,15,23H,7-9H2,1-3H3. The second-order valence-electron chi connectivity index (χ2n) is 7.38.